The van der Waals surface area contributed by atoms with Crippen LogP contribution in [0.25, 0.3) is 0 Å². The van der Waals surface area contributed by atoms with Crippen LogP contribution >= 0.6 is 11.3 Å². The molecule has 0 radical (unpaired) electrons. The highest BCUT2D eigenvalue weighted by Gasteiger charge is 2.17. The van der Waals surface area contributed by atoms with Crippen LogP contribution in [0.15, 0.2) is 23.1 Å². The van der Waals surface area contributed by atoms with E-state index in [1.807, 2.05) is 13.8 Å². The summed E-state index contributed by atoms with van der Waals surface area (Å²) in [5.41, 5.74) is 1.38. The normalized spacial score (nSPS) is 11.6. The molecule has 6 nitrogen and oxygen atoms in total. The number of carboxylic acids is 1. The average molecular weight is 340 g/mol. The molecule has 0 saturated heterocycles. The molecule has 1 heterocycles. The third-order valence-corrected chi connectivity index (χ3v) is 5.70. The molecule has 2 aromatic rings. The Morgan fingerprint density at radius 1 is 1.32 bits per heavy atom. The molecule has 22 heavy (non-hydrogen) atoms. The number of sulfonamides is 1. The predicted octanol–water partition coefficient (Wildman–Crippen LogP) is 2.25. The zero-order valence-corrected chi connectivity index (χ0v) is 14.0. The summed E-state index contributed by atoms with van der Waals surface area (Å²) in [5, 5.41) is 9.66. The van der Waals surface area contributed by atoms with Crippen LogP contribution < -0.4 is 4.72 Å². The number of carboxylic acid groups (broad SMARTS) is 1. The summed E-state index contributed by atoms with van der Waals surface area (Å²) in [6.45, 7) is 5.48. The maximum Gasteiger partial charge on any atom is 0.335 e. The van der Waals surface area contributed by atoms with Crippen LogP contribution in [0.1, 0.15) is 31.5 Å². The lowest BCUT2D eigenvalue weighted by molar-refractivity contribution is 0.0696. The smallest absolute Gasteiger partial charge is 0.335 e. The largest absolute Gasteiger partial charge is 0.478 e. The Bertz CT molecular complexity index is 806. The molecule has 2 rings (SSSR count). The van der Waals surface area contributed by atoms with E-state index < -0.39 is 16.0 Å². The van der Waals surface area contributed by atoms with Gasteiger partial charge in [0.25, 0.3) is 0 Å². The molecule has 0 amide bonds. The quantitative estimate of drug-likeness (QED) is 0.870. The molecule has 0 aliphatic carbocycles. The Labute approximate surface area is 132 Å². The molecule has 0 fully saturated rings. The summed E-state index contributed by atoms with van der Waals surface area (Å²) in [6, 6.07) is 3.94. The van der Waals surface area contributed by atoms with Crippen LogP contribution in [-0.2, 0) is 16.6 Å². The second-order valence-electron chi connectivity index (χ2n) is 4.86. The molecular formula is C14H16N2O4S2. The minimum Gasteiger partial charge on any atom is -0.478 e. The first kappa shape index (κ1) is 16.6. The van der Waals surface area contributed by atoms with E-state index in [4.69, 9.17) is 5.11 Å². The first-order chi connectivity index (χ1) is 10.2. The molecule has 0 spiro atoms. The summed E-state index contributed by atoms with van der Waals surface area (Å²) in [4.78, 5) is 16.3. The van der Waals surface area contributed by atoms with Crippen molar-refractivity contribution in [2.24, 2.45) is 0 Å². The monoisotopic (exact) mass is 340 g/mol. The molecule has 8 heteroatoms. The van der Waals surface area contributed by atoms with Crippen LogP contribution in [0.2, 0.25) is 0 Å². The second-order valence-corrected chi connectivity index (χ2v) is 7.91. The molecule has 0 bridgehead atoms. The Morgan fingerprint density at radius 3 is 2.50 bits per heavy atom. The maximum absolute atomic E-state index is 12.2. The number of thiazole rings is 1. The number of hydrogen-bond acceptors (Lipinski definition) is 5. The van der Waals surface area contributed by atoms with E-state index in [2.05, 4.69) is 9.71 Å². The third kappa shape index (κ3) is 3.52. The van der Waals surface area contributed by atoms with Gasteiger partial charge < -0.3 is 5.11 Å². The van der Waals surface area contributed by atoms with Crippen molar-refractivity contribution in [1.82, 2.24) is 9.71 Å². The van der Waals surface area contributed by atoms with Crippen LogP contribution in [-0.4, -0.2) is 24.5 Å². The SMILES string of the molecule is Cc1cc(S(=O)(=O)NCc2nc(C)c(C)s2)ccc1C(=O)O. The Balaban J connectivity index is 2.20. The molecule has 0 unspecified atom stereocenters. The van der Waals surface area contributed by atoms with Crippen molar-refractivity contribution in [3.8, 4) is 0 Å². The number of hydrogen-bond donors (Lipinski definition) is 2. The van der Waals surface area contributed by atoms with E-state index in [9.17, 15) is 13.2 Å². The fourth-order valence-electron chi connectivity index (χ4n) is 1.90. The van der Waals surface area contributed by atoms with Crippen LogP contribution in [0.4, 0.5) is 0 Å². The van der Waals surface area contributed by atoms with Crippen molar-refractivity contribution in [1.29, 1.82) is 0 Å². The zero-order valence-electron chi connectivity index (χ0n) is 12.4. The molecule has 0 atom stereocenters. The molecule has 0 aliphatic heterocycles. The third-order valence-electron chi connectivity index (χ3n) is 3.22. The van der Waals surface area contributed by atoms with Crippen molar-refractivity contribution in [2.75, 3.05) is 0 Å². The van der Waals surface area contributed by atoms with Crippen molar-refractivity contribution >= 4 is 27.3 Å². The van der Waals surface area contributed by atoms with Gasteiger partial charge in [0, 0.05) is 4.88 Å². The van der Waals surface area contributed by atoms with Gasteiger partial charge in [0.1, 0.15) is 5.01 Å². The van der Waals surface area contributed by atoms with Gasteiger partial charge in [-0.1, -0.05) is 0 Å². The van der Waals surface area contributed by atoms with Crippen LogP contribution in [0.5, 0.6) is 0 Å². The predicted molar refractivity (Wildman–Crippen MR) is 83.8 cm³/mol. The topological polar surface area (TPSA) is 96.4 Å². The number of carbonyl (C=O) groups is 1. The molecule has 1 aromatic carbocycles. The second kappa shape index (κ2) is 6.15. The fourth-order valence-corrected chi connectivity index (χ4v) is 3.94. The highest BCUT2D eigenvalue weighted by molar-refractivity contribution is 7.89. The Kier molecular flexibility index (Phi) is 4.64. The van der Waals surface area contributed by atoms with E-state index in [1.54, 1.807) is 6.92 Å². The summed E-state index contributed by atoms with van der Waals surface area (Å²) in [6.07, 6.45) is 0. The number of nitrogens with zero attached hydrogens (tertiary/aromatic N) is 1. The highest BCUT2D eigenvalue weighted by atomic mass is 32.2. The zero-order chi connectivity index (χ0) is 16.5. The lowest BCUT2D eigenvalue weighted by Gasteiger charge is -2.07. The minimum absolute atomic E-state index is 0.0417. The van der Waals surface area contributed by atoms with Gasteiger partial charge in [-0.25, -0.2) is 22.9 Å². The summed E-state index contributed by atoms with van der Waals surface area (Å²) in [7, 11) is -3.70. The number of nitrogens with one attached hydrogen (secondary N) is 1. The van der Waals surface area contributed by atoms with Gasteiger partial charge in [-0.3, -0.25) is 0 Å². The molecular weight excluding hydrogens is 324 g/mol. The Morgan fingerprint density at radius 2 is 2.00 bits per heavy atom. The summed E-state index contributed by atoms with van der Waals surface area (Å²) < 4.78 is 27.0. The molecule has 2 N–H and O–H groups in total. The van der Waals surface area contributed by atoms with Crippen molar-refractivity contribution in [3.05, 3.63) is 44.9 Å². The fraction of sp³-hybridized carbons (Fsp3) is 0.286. The molecule has 0 saturated carbocycles. The number of benzene rings is 1. The van der Waals surface area contributed by atoms with Gasteiger partial charge in [0.15, 0.2) is 0 Å². The van der Waals surface area contributed by atoms with E-state index in [0.29, 0.717) is 10.6 Å². The standard InChI is InChI=1S/C14H16N2O4S2/c1-8-6-11(4-5-12(8)14(17)18)22(19,20)15-7-13-16-9(2)10(3)21-13/h4-6,15H,7H2,1-3H3,(H,17,18). The van der Waals surface area contributed by atoms with Gasteiger partial charge in [-0.05, 0) is 44.5 Å². The highest BCUT2D eigenvalue weighted by Crippen LogP contribution is 2.18. The lowest BCUT2D eigenvalue weighted by atomic mass is 10.1. The Hall–Kier alpha value is -1.77. The van der Waals surface area contributed by atoms with Crippen LogP contribution in [0, 0.1) is 20.8 Å². The summed E-state index contributed by atoms with van der Waals surface area (Å²) >= 11 is 1.44. The number of rotatable bonds is 5. The number of aryl methyl sites for hydroxylation is 3. The van der Waals surface area contributed by atoms with Gasteiger partial charge in [0.2, 0.25) is 10.0 Å². The maximum atomic E-state index is 12.2. The van der Waals surface area contributed by atoms with Gasteiger partial charge in [0.05, 0.1) is 22.7 Å². The molecule has 0 aliphatic rings. The van der Waals surface area contributed by atoms with Gasteiger partial charge in [-0.15, -0.1) is 11.3 Å². The van der Waals surface area contributed by atoms with Gasteiger partial charge in [-0.2, -0.15) is 0 Å². The molecule has 1 aromatic heterocycles. The lowest BCUT2D eigenvalue weighted by Crippen LogP contribution is -2.23. The van der Waals surface area contributed by atoms with E-state index in [-0.39, 0.29) is 17.0 Å². The number of aromatic carboxylic acids is 1. The first-order valence-electron chi connectivity index (χ1n) is 6.47. The van der Waals surface area contributed by atoms with Gasteiger partial charge >= 0.3 is 5.97 Å². The van der Waals surface area contributed by atoms with Crippen molar-refractivity contribution in [3.63, 3.8) is 0 Å². The van der Waals surface area contributed by atoms with Crippen molar-refractivity contribution < 1.29 is 18.3 Å². The van der Waals surface area contributed by atoms with Crippen LogP contribution in [0.3, 0.4) is 0 Å². The molecule has 118 valence electrons. The average Bonchev–Trinajstić information content (AvgIpc) is 2.75. The van der Waals surface area contributed by atoms with E-state index in [0.717, 1.165) is 10.6 Å². The number of aromatic nitrogens is 1. The minimum atomic E-state index is -3.70. The van der Waals surface area contributed by atoms with E-state index in [1.165, 1.54) is 29.5 Å². The van der Waals surface area contributed by atoms with Crippen molar-refractivity contribution in [2.45, 2.75) is 32.2 Å². The van der Waals surface area contributed by atoms with E-state index >= 15 is 0 Å². The summed E-state index contributed by atoms with van der Waals surface area (Å²) in [5.74, 6) is -1.08. The first-order valence-corrected chi connectivity index (χ1v) is 8.77.